The predicted octanol–water partition coefficient (Wildman–Crippen LogP) is -1.61. The molecule has 80 valence electrons. The van der Waals surface area contributed by atoms with Crippen molar-refractivity contribution in [3.63, 3.8) is 0 Å². The molecule has 1 N–H and O–H groups in total. The van der Waals surface area contributed by atoms with Crippen LogP contribution in [0.25, 0.3) is 0 Å². The van der Waals surface area contributed by atoms with E-state index in [-0.39, 0.29) is 5.71 Å². The Kier molecular flexibility index (Phi) is 1.26. The zero-order valence-corrected chi connectivity index (χ0v) is 7.46. The summed E-state index contributed by atoms with van der Waals surface area (Å²) < 4.78 is 4.27. The molecule has 1 atom stereocenters. The van der Waals surface area contributed by atoms with Crippen LogP contribution in [-0.2, 0) is 14.3 Å². The van der Waals surface area contributed by atoms with Gasteiger partial charge in [-0.2, -0.15) is 4.90 Å². The van der Waals surface area contributed by atoms with Crippen molar-refractivity contribution >= 4 is 36.1 Å². The maximum absolute atomic E-state index is 11.5. The highest BCUT2D eigenvalue weighted by molar-refractivity contribution is 6.53. The third-order valence-corrected chi connectivity index (χ3v) is 2.37. The predicted molar refractivity (Wildman–Crippen MR) is 45.5 cm³/mol. The standard InChI is InChI=1S/C7H2N4O5/c12-3-2-7(9-1-8-2)4(13)16-6(15)11(7)5(14)10-3/h1H,(H,10,12,14). The number of nitrogens with one attached hydrogen (secondary N) is 1. The number of cyclic esters (lactones) is 2. The highest BCUT2D eigenvalue weighted by Crippen LogP contribution is 2.33. The number of esters is 1. The van der Waals surface area contributed by atoms with Gasteiger partial charge in [0.2, 0.25) is 0 Å². The summed E-state index contributed by atoms with van der Waals surface area (Å²) in [6.45, 7) is 0. The fourth-order valence-corrected chi connectivity index (χ4v) is 1.71. The molecule has 0 aliphatic carbocycles. The summed E-state index contributed by atoms with van der Waals surface area (Å²) in [6, 6.07) is -1.06. The number of hydrogen-bond donors (Lipinski definition) is 1. The van der Waals surface area contributed by atoms with Crippen LogP contribution in [0.2, 0.25) is 0 Å². The number of rotatable bonds is 0. The third-order valence-electron chi connectivity index (χ3n) is 2.37. The molecule has 0 bridgehead atoms. The van der Waals surface area contributed by atoms with Crippen molar-refractivity contribution in [3.05, 3.63) is 0 Å². The van der Waals surface area contributed by atoms with Crippen LogP contribution in [-0.4, -0.2) is 46.6 Å². The summed E-state index contributed by atoms with van der Waals surface area (Å²) >= 11 is 0. The molecule has 16 heavy (non-hydrogen) atoms. The second-order valence-electron chi connectivity index (χ2n) is 3.14. The Morgan fingerprint density at radius 1 is 1.31 bits per heavy atom. The summed E-state index contributed by atoms with van der Waals surface area (Å²) in [5.74, 6) is -1.97. The molecule has 4 amide bonds. The molecule has 3 aliphatic heterocycles. The van der Waals surface area contributed by atoms with Gasteiger partial charge in [0.15, 0.2) is 5.71 Å². The van der Waals surface area contributed by atoms with Gasteiger partial charge in [0.25, 0.3) is 11.6 Å². The van der Waals surface area contributed by atoms with E-state index in [0.29, 0.717) is 4.90 Å². The van der Waals surface area contributed by atoms with Crippen molar-refractivity contribution in [2.75, 3.05) is 0 Å². The molecule has 9 heteroatoms. The second-order valence-corrected chi connectivity index (χ2v) is 3.14. The molecule has 9 nitrogen and oxygen atoms in total. The molecule has 0 saturated carbocycles. The minimum absolute atomic E-state index is 0.344. The largest absolute Gasteiger partial charge is 0.428 e. The molecule has 3 aliphatic rings. The summed E-state index contributed by atoms with van der Waals surface area (Å²) in [6.07, 6.45) is -0.248. The van der Waals surface area contributed by atoms with Gasteiger partial charge in [-0.25, -0.2) is 24.4 Å². The van der Waals surface area contributed by atoms with Gasteiger partial charge >= 0.3 is 18.1 Å². The van der Waals surface area contributed by atoms with E-state index in [0.717, 1.165) is 6.34 Å². The van der Waals surface area contributed by atoms with Crippen LogP contribution in [0.3, 0.4) is 0 Å². The van der Waals surface area contributed by atoms with Gasteiger partial charge < -0.3 is 4.74 Å². The minimum Gasteiger partial charge on any atom is -0.372 e. The fourth-order valence-electron chi connectivity index (χ4n) is 1.71. The van der Waals surface area contributed by atoms with Gasteiger partial charge in [-0.1, -0.05) is 0 Å². The van der Waals surface area contributed by atoms with E-state index >= 15 is 0 Å². The Bertz CT molecular complexity index is 535. The average Bonchev–Trinajstić information content (AvgIpc) is 2.71. The molecule has 0 aromatic heterocycles. The highest BCUT2D eigenvalue weighted by atomic mass is 16.6. The number of carbonyl (C=O) groups is 4. The number of urea groups is 1. The smallest absolute Gasteiger partial charge is 0.372 e. The lowest BCUT2D eigenvalue weighted by Crippen LogP contribution is -2.67. The number of aliphatic imine (C=N–C) groups is 2. The molecular weight excluding hydrogens is 220 g/mol. The van der Waals surface area contributed by atoms with Crippen LogP contribution in [0.15, 0.2) is 9.98 Å². The summed E-state index contributed by atoms with van der Waals surface area (Å²) in [4.78, 5) is 53.1. The minimum atomic E-state index is -2.05. The SMILES string of the molecule is O=C1NC(=O)N2C(=O)OC(=O)C23N=CN=C13. The van der Waals surface area contributed by atoms with E-state index in [1.807, 2.05) is 5.32 Å². The monoisotopic (exact) mass is 222 g/mol. The van der Waals surface area contributed by atoms with Crippen LogP contribution in [0.5, 0.6) is 0 Å². The molecule has 3 rings (SSSR count). The van der Waals surface area contributed by atoms with Crippen molar-refractivity contribution < 1.29 is 23.9 Å². The van der Waals surface area contributed by atoms with Crippen molar-refractivity contribution in [3.8, 4) is 0 Å². The highest BCUT2D eigenvalue weighted by Gasteiger charge is 2.68. The van der Waals surface area contributed by atoms with E-state index in [1.165, 1.54) is 0 Å². The van der Waals surface area contributed by atoms with E-state index in [9.17, 15) is 19.2 Å². The summed E-state index contributed by atoms with van der Waals surface area (Å²) in [5.41, 5.74) is -2.39. The lowest BCUT2D eigenvalue weighted by atomic mass is 10.0. The summed E-state index contributed by atoms with van der Waals surface area (Å²) in [5, 5.41) is 1.85. The first-order valence-electron chi connectivity index (χ1n) is 4.11. The lowest BCUT2D eigenvalue weighted by molar-refractivity contribution is -0.138. The van der Waals surface area contributed by atoms with Gasteiger partial charge in [0.05, 0.1) is 0 Å². The zero-order chi connectivity index (χ0) is 11.5. The van der Waals surface area contributed by atoms with Crippen LogP contribution >= 0.6 is 0 Å². The number of ether oxygens (including phenoxy) is 1. The van der Waals surface area contributed by atoms with Crippen molar-refractivity contribution in [2.45, 2.75) is 5.66 Å². The Hall–Kier alpha value is -2.58. The van der Waals surface area contributed by atoms with E-state index in [4.69, 9.17) is 0 Å². The molecule has 0 aromatic rings. The topological polar surface area (TPSA) is 118 Å². The maximum Gasteiger partial charge on any atom is 0.428 e. The van der Waals surface area contributed by atoms with E-state index < -0.39 is 29.7 Å². The first kappa shape index (κ1) is 8.71. The van der Waals surface area contributed by atoms with Crippen LogP contribution in [0.1, 0.15) is 0 Å². The molecular formula is C7H2N4O5. The normalized spacial score (nSPS) is 31.0. The van der Waals surface area contributed by atoms with Gasteiger partial charge in [-0.15, -0.1) is 0 Å². The number of amides is 4. The van der Waals surface area contributed by atoms with Gasteiger partial charge in [0.1, 0.15) is 6.34 Å². The molecule has 1 spiro atoms. The van der Waals surface area contributed by atoms with E-state index in [2.05, 4.69) is 14.7 Å². The van der Waals surface area contributed by atoms with Crippen molar-refractivity contribution in [2.24, 2.45) is 9.98 Å². The number of imide groups is 2. The van der Waals surface area contributed by atoms with Gasteiger partial charge in [0, 0.05) is 0 Å². The van der Waals surface area contributed by atoms with Crippen molar-refractivity contribution in [1.82, 2.24) is 10.2 Å². The zero-order valence-electron chi connectivity index (χ0n) is 7.46. The molecule has 2 fully saturated rings. The van der Waals surface area contributed by atoms with Gasteiger partial charge in [-0.05, 0) is 0 Å². The number of hydrogen-bond acceptors (Lipinski definition) is 7. The Balaban J connectivity index is 2.27. The molecule has 0 aromatic carbocycles. The first-order valence-corrected chi connectivity index (χ1v) is 4.11. The van der Waals surface area contributed by atoms with Crippen LogP contribution in [0.4, 0.5) is 9.59 Å². The number of carbonyl (C=O) groups excluding carboxylic acids is 4. The first-order chi connectivity index (χ1) is 7.57. The maximum atomic E-state index is 11.5. The lowest BCUT2D eigenvalue weighted by Gasteiger charge is -2.29. The van der Waals surface area contributed by atoms with Gasteiger partial charge in [-0.3, -0.25) is 10.1 Å². The average molecular weight is 222 g/mol. The second kappa shape index (κ2) is 2.32. The van der Waals surface area contributed by atoms with Crippen LogP contribution in [0, 0.1) is 0 Å². The van der Waals surface area contributed by atoms with Crippen molar-refractivity contribution in [1.29, 1.82) is 0 Å². The number of nitrogens with zero attached hydrogens (tertiary/aromatic N) is 3. The Morgan fingerprint density at radius 3 is 2.81 bits per heavy atom. The molecule has 1 unspecified atom stereocenters. The molecule has 3 heterocycles. The molecule has 2 saturated heterocycles. The van der Waals surface area contributed by atoms with E-state index in [1.54, 1.807) is 0 Å². The fraction of sp³-hybridized carbons (Fsp3) is 0.143. The summed E-state index contributed by atoms with van der Waals surface area (Å²) in [7, 11) is 0. The quantitative estimate of drug-likeness (QED) is 0.391. The Morgan fingerprint density at radius 2 is 2.06 bits per heavy atom. The van der Waals surface area contributed by atoms with Crippen LogP contribution < -0.4 is 5.32 Å². The Labute approximate surface area is 86.8 Å². The molecule has 0 radical (unpaired) electrons. The third kappa shape index (κ3) is 0.689.